The smallest absolute Gasteiger partial charge is 0.326 e. The average molecular weight is 394 g/mol. The number of nitro groups is 1. The molecule has 0 aliphatic rings. The van der Waals surface area contributed by atoms with Gasteiger partial charge in [0.05, 0.1) is 18.5 Å². The standard InChI is InChI=1S/C18H16F2N2O6/c1-28-16-3-2-14(22(26)27)7-11(16)8-15(18(24)25)21-17(23)6-10-4-12(19)9-13(20)5-10/h2-5,7,9,15H,6,8H2,1H3,(H,21,23)(H,24,25)/t15-/m1/s1. The Kier molecular flexibility index (Phi) is 6.59. The third kappa shape index (κ3) is 5.47. The summed E-state index contributed by atoms with van der Waals surface area (Å²) in [5, 5.41) is 22.5. The predicted molar refractivity (Wildman–Crippen MR) is 93.0 cm³/mol. The highest BCUT2D eigenvalue weighted by Gasteiger charge is 2.23. The van der Waals surface area contributed by atoms with Crippen LogP contribution in [0.25, 0.3) is 0 Å². The van der Waals surface area contributed by atoms with Crippen LogP contribution >= 0.6 is 0 Å². The number of halogens is 2. The molecule has 148 valence electrons. The molecule has 2 aromatic rings. The molecule has 0 aliphatic carbocycles. The molecular formula is C18H16F2N2O6. The predicted octanol–water partition coefficient (Wildman–Crippen LogP) is 2.24. The number of hydrogen-bond acceptors (Lipinski definition) is 5. The number of rotatable bonds is 8. The summed E-state index contributed by atoms with van der Waals surface area (Å²) in [6, 6.07) is 4.82. The lowest BCUT2D eigenvalue weighted by atomic mass is 10.0. The zero-order valence-electron chi connectivity index (χ0n) is 14.6. The van der Waals surface area contributed by atoms with E-state index < -0.39 is 40.9 Å². The number of carboxylic acid groups (broad SMARTS) is 1. The molecule has 0 unspecified atom stereocenters. The van der Waals surface area contributed by atoms with Crippen LogP contribution < -0.4 is 10.1 Å². The van der Waals surface area contributed by atoms with Gasteiger partial charge in [0, 0.05) is 30.2 Å². The van der Waals surface area contributed by atoms with Crippen molar-refractivity contribution >= 4 is 17.6 Å². The molecule has 1 amide bonds. The largest absolute Gasteiger partial charge is 0.496 e. The lowest BCUT2D eigenvalue weighted by Gasteiger charge is -2.16. The number of nitro benzene ring substituents is 1. The maximum Gasteiger partial charge on any atom is 0.326 e. The third-order valence-electron chi connectivity index (χ3n) is 3.82. The number of methoxy groups -OCH3 is 1. The van der Waals surface area contributed by atoms with Gasteiger partial charge in [0.1, 0.15) is 23.4 Å². The van der Waals surface area contributed by atoms with Crippen LogP contribution in [0, 0.1) is 21.7 Å². The first-order chi connectivity index (χ1) is 13.2. The lowest BCUT2D eigenvalue weighted by Crippen LogP contribution is -2.43. The van der Waals surface area contributed by atoms with Gasteiger partial charge < -0.3 is 15.2 Å². The molecule has 1 atom stereocenters. The Labute approximate surface area is 157 Å². The number of nitrogens with one attached hydrogen (secondary N) is 1. The van der Waals surface area contributed by atoms with Crippen molar-refractivity contribution in [2.75, 3.05) is 7.11 Å². The second kappa shape index (κ2) is 8.89. The van der Waals surface area contributed by atoms with Gasteiger partial charge in [0.15, 0.2) is 0 Å². The van der Waals surface area contributed by atoms with E-state index in [9.17, 15) is 33.6 Å². The summed E-state index contributed by atoms with van der Waals surface area (Å²) >= 11 is 0. The molecule has 0 spiro atoms. The summed E-state index contributed by atoms with van der Waals surface area (Å²) in [5.41, 5.74) is -0.0187. The van der Waals surface area contributed by atoms with E-state index in [-0.39, 0.29) is 29.0 Å². The zero-order chi connectivity index (χ0) is 20.8. The van der Waals surface area contributed by atoms with Gasteiger partial charge in [-0.1, -0.05) is 0 Å². The number of non-ortho nitro benzene ring substituents is 1. The molecule has 0 bridgehead atoms. The van der Waals surface area contributed by atoms with Crippen molar-refractivity contribution in [2.24, 2.45) is 0 Å². The number of carbonyl (C=O) groups excluding carboxylic acids is 1. The third-order valence-corrected chi connectivity index (χ3v) is 3.82. The van der Waals surface area contributed by atoms with Crippen molar-refractivity contribution in [3.05, 3.63) is 69.3 Å². The number of ether oxygens (including phenoxy) is 1. The second-order valence-electron chi connectivity index (χ2n) is 5.87. The normalized spacial score (nSPS) is 11.5. The summed E-state index contributed by atoms with van der Waals surface area (Å²) in [7, 11) is 1.32. The van der Waals surface area contributed by atoms with Crippen molar-refractivity contribution in [2.45, 2.75) is 18.9 Å². The minimum absolute atomic E-state index is 0.0343. The molecule has 2 aromatic carbocycles. The van der Waals surface area contributed by atoms with Crippen LogP contribution in [0.15, 0.2) is 36.4 Å². The average Bonchev–Trinajstić information content (AvgIpc) is 2.59. The molecule has 0 radical (unpaired) electrons. The van der Waals surface area contributed by atoms with Crippen molar-refractivity contribution in [3.8, 4) is 5.75 Å². The SMILES string of the molecule is COc1ccc([N+](=O)[O-])cc1C[C@@H](NC(=O)Cc1cc(F)cc(F)c1)C(=O)O. The zero-order valence-corrected chi connectivity index (χ0v) is 14.6. The van der Waals surface area contributed by atoms with Gasteiger partial charge in [-0.2, -0.15) is 0 Å². The lowest BCUT2D eigenvalue weighted by molar-refractivity contribution is -0.384. The number of hydrogen-bond donors (Lipinski definition) is 2. The van der Waals surface area contributed by atoms with Crippen LogP contribution in [0.2, 0.25) is 0 Å². The molecule has 0 saturated heterocycles. The van der Waals surface area contributed by atoms with Gasteiger partial charge >= 0.3 is 5.97 Å². The molecule has 0 aromatic heterocycles. The van der Waals surface area contributed by atoms with Gasteiger partial charge in [-0.05, 0) is 23.8 Å². The molecule has 0 fully saturated rings. The van der Waals surface area contributed by atoms with E-state index in [1.54, 1.807) is 0 Å². The van der Waals surface area contributed by atoms with E-state index in [1.165, 1.54) is 19.2 Å². The van der Waals surface area contributed by atoms with Gasteiger partial charge in [0.2, 0.25) is 5.91 Å². The first-order valence-corrected chi connectivity index (χ1v) is 7.98. The van der Waals surface area contributed by atoms with Crippen molar-refractivity contribution in [3.63, 3.8) is 0 Å². The summed E-state index contributed by atoms with van der Waals surface area (Å²) in [4.78, 5) is 33.9. The van der Waals surface area contributed by atoms with Crippen molar-refractivity contribution in [1.82, 2.24) is 5.32 Å². The fourth-order valence-corrected chi connectivity index (χ4v) is 2.60. The van der Waals surface area contributed by atoms with Gasteiger partial charge in [-0.25, -0.2) is 13.6 Å². The number of carbonyl (C=O) groups is 2. The summed E-state index contributed by atoms with van der Waals surface area (Å²) in [6.07, 6.45) is -0.728. The van der Waals surface area contributed by atoms with E-state index in [0.29, 0.717) is 6.07 Å². The van der Waals surface area contributed by atoms with Crippen LogP contribution in [0.5, 0.6) is 5.75 Å². The van der Waals surface area contributed by atoms with E-state index in [0.717, 1.165) is 18.2 Å². The maximum absolute atomic E-state index is 13.2. The van der Waals surface area contributed by atoms with Crippen LogP contribution in [0.4, 0.5) is 14.5 Å². The highest BCUT2D eigenvalue weighted by Crippen LogP contribution is 2.25. The molecule has 8 nitrogen and oxygen atoms in total. The molecule has 0 heterocycles. The highest BCUT2D eigenvalue weighted by atomic mass is 19.1. The van der Waals surface area contributed by atoms with Gasteiger partial charge in [-0.15, -0.1) is 0 Å². The summed E-state index contributed by atoms with van der Waals surface area (Å²) in [5.74, 6) is -3.66. The Morgan fingerprint density at radius 1 is 1.21 bits per heavy atom. The highest BCUT2D eigenvalue weighted by molar-refractivity contribution is 5.85. The number of benzene rings is 2. The molecule has 10 heteroatoms. The van der Waals surface area contributed by atoms with Crippen LogP contribution in [0.3, 0.4) is 0 Å². The molecular weight excluding hydrogens is 378 g/mol. The quantitative estimate of drug-likeness (QED) is 0.524. The molecule has 0 saturated carbocycles. The maximum atomic E-state index is 13.2. The Bertz CT molecular complexity index is 899. The number of nitrogens with zero attached hydrogens (tertiary/aromatic N) is 1. The van der Waals surface area contributed by atoms with E-state index in [4.69, 9.17) is 4.74 Å². The van der Waals surface area contributed by atoms with Crippen LogP contribution in [-0.4, -0.2) is 35.1 Å². The fourth-order valence-electron chi connectivity index (χ4n) is 2.60. The summed E-state index contributed by atoms with van der Waals surface area (Å²) < 4.78 is 31.5. The Morgan fingerprint density at radius 3 is 2.39 bits per heavy atom. The summed E-state index contributed by atoms with van der Waals surface area (Å²) in [6.45, 7) is 0. The van der Waals surface area contributed by atoms with Gasteiger partial charge in [0.25, 0.3) is 5.69 Å². The number of carboxylic acids is 1. The van der Waals surface area contributed by atoms with Crippen molar-refractivity contribution in [1.29, 1.82) is 0 Å². The molecule has 0 aliphatic heterocycles. The van der Waals surface area contributed by atoms with E-state index in [1.807, 2.05) is 0 Å². The Balaban J connectivity index is 2.17. The minimum atomic E-state index is -1.43. The van der Waals surface area contributed by atoms with Crippen molar-refractivity contribution < 1.29 is 33.1 Å². The Morgan fingerprint density at radius 2 is 1.86 bits per heavy atom. The fraction of sp³-hybridized carbons (Fsp3) is 0.222. The first kappa shape index (κ1) is 20.7. The van der Waals surface area contributed by atoms with E-state index in [2.05, 4.69) is 5.32 Å². The molecule has 28 heavy (non-hydrogen) atoms. The molecule has 2 N–H and O–H groups in total. The van der Waals surface area contributed by atoms with Crippen LogP contribution in [0.1, 0.15) is 11.1 Å². The Hall–Kier alpha value is -3.56. The molecule has 2 rings (SSSR count). The minimum Gasteiger partial charge on any atom is -0.496 e. The second-order valence-corrected chi connectivity index (χ2v) is 5.87. The van der Waals surface area contributed by atoms with Gasteiger partial charge in [-0.3, -0.25) is 14.9 Å². The number of amides is 1. The monoisotopic (exact) mass is 394 g/mol. The van der Waals surface area contributed by atoms with E-state index >= 15 is 0 Å². The van der Waals surface area contributed by atoms with Crippen LogP contribution in [-0.2, 0) is 22.4 Å². The topological polar surface area (TPSA) is 119 Å². The first-order valence-electron chi connectivity index (χ1n) is 7.98. The number of aliphatic carboxylic acids is 1.